The summed E-state index contributed by atoms with van der Waals surface area (Å²) < 4.78 is 0. The summed E-state index contributed by atoms with van der Waals surface area (Å²) in [6, 6.07) is 0. The van der Waals surface area contributed by atoms with Gasteiger partial charge in [0.15, 0.2) is 0 Å². The summed E-state index contributed by atoms with van der Waals surface area (Å²) in [7, 11) is 0. The van der Waals surface area contributed by atoms with E-state index in [-0.39, 0.29) is 6.10 Å². The van der Waals surface area contributed by atoms with Gasteiger partial charge in [-0.05, 0) is 84.9 Å². The van der Waals surface area contributed by atoms with Gasteiger partial charge in [-0.3, -0.25) is 0 Å². The smallest absolute Gasteiger partial charge is 0.0577 e. The van der Waals surface area contributed by atoms with E-state index in [1.807, 2.05) is 0 Å². The number of rotatable bonds is 7. The maximum atomic E-state index is 10.2. The van der Waals surface area contributed by atoms with Crippen LogP contribution in [0.2, 0.25) is 0 Å². The Bertz CT molecular complexity index is 573. The third kappa shape index (κ3) is 4.51. The van der Waals surface area contributed by atoms with Gasteiger partial charge in [0.25, 0.3) is 0 Å². The Hall–Kier alpha value is -0.300. The minimum Gasteiger partial charge on any atom is -0.393 e. The molecule has 3 aliphatic carbocycles. The van der Waals surface area contributed by atoms with E-state index >= 15 is 0 Å². The van der Waals surface area contributed by atoms with E-state index in [9.17, 15) is 5.11 Å². The lowest BCUT2D eigenvalue weighted by atomic mass is 9.51. The molecule has 3 aliphatic rings. The Morgan fingerprint density at radius 3 is 2.45 bits per heavy atom. The molecule has 2 saturated carbocycles. The van der Waals surface area contributed by atoms with E-state index in [1.54, 1.807) is 5.57 Å². The molecule has 1 heteroatoms. The molecule has 2 fully saturated rings. The molecule has 0 aromatic carbocycles. The molecular weight excluding hydrogens is 352 g/mol. The van der Waals surface area contributed by atoms with E-state index in [1.165, 1.54) is 51.4 Å². The van der Waals surface area contributed by atoms with Gasteiger partial charge in [0.2, 0.25) is 0 Å². The van der Waals surface area contributed by atoms with Gasteiger partial charge in [0.05, 0.1) is 6.10 Å². The van der Waals surface area contributed by atoms with E-state index in [0.29, 0.717) is 10.8 Å². The van der Waals surface area contributed by atoms with Gasteiger partial charge in [-0.15, -0.1) is 0 Å². The van der Waals surface area contributed by atoms with Gasteiger partial charge in [0, 0.05) is 0 Å². The zero-order valence-corrected chi connectivity index (χ0v) is 20.6. The summed E-state index contributed by atoms with van der Waals surface area (Å²) in [4.78, 5) is 0. The highest BCUT2D eigenvalue weighted by atomic mass is 16.3. The summed E-state index contributed by atoms with van der Waals surface area (Å²) in [6.07, 6.45) is 15.3. The van der Waals surface area contributed by atoms with Crippen molar-refractivity contribution in [3.63, 3.8) is 0 Å². The van der Waals surface area contributed by atoms with Crippen molar-refractivity contribution in [2.75, 3.05) is 0 Å². The van der Waals surface area contributed by atoms with Gasteiger partial charge in [-0.25, -0.2) is 0 Å². The normalized spacial score (nSPS) is 40.6. The van der Waals surface area contributed by atoms with Crippen LogP contribution in [-0.4, -0.2) is 11.2 Å². The van der Waals surface area contributed by atoms with Crippen LogP contribution in [0.1, 0.15) is 113 Å². The van der Waals surface area contributed by atoms with Crippen LogP contribution in [0, 0.1) is 46.3 Å². The summed E-state index contributed by atoms with van der Waals surface area (Å²) in [5, 5.41) is 10.2. The molecule has 3 unspecified atom stereocenters. The Balaban J connectivity index is 1.74. The van der Waals surface area contributed by atoms with Crippen LogP contribution in [0.4, 0.5) is 0 Å². The zero-order valence-electron chi connectivity index (χ0n) is 20.6. The molecule has 0 amide bonds. The molecule has 0 radical (unpaired) electrons. The molecule has 0 heterocycles. The van der Waals surface area contributed by atoms with E-state index < -0.39 is 0 Å². The molecule has 0 aromatic heterocycles. The van der Waals surface area contributed by atoms with Crippen molar-refractivity contribution in [2.45, 2.75) is 119 Å². The average molecular weight is 403 g/mol. The highest BCUT2D eigenvalue weighted by Crippen LogP contribution is 2.62. The number of allylic oxidation sites excluding steroid dienone is 1. The van der Waals surface area contributed by atoms with Crippen LogP contribution in [0.15, 0.2) is 11.6 Å². The molecule has 0 aromatic rings. The fraction of sp³-hybridized carbons (Fsp3) is 0.929. The maximum absolute atomic E-state index is 10.2. The summed E-state index contributed by atoms with van der Waals surface area (Å²) in [6.45, 7) is 17.5. The van der Waals surface area contributed by atoms with Gasteiger partial charge in [0.1, 0.15) is 0 Å². The van der Waals surface area contributed by atoms with E-state index in [0.717, 1.165) is 48.3 Å². The Morgan fingerprint density at radius 2 is 1.79 bits per heavy atom. The predicted molar refractivity (Wildman–Crippen MR) is 126 cm³/mol. The maximum Gasteiger partial charge on any atom is 0.0577 e. The topological polar surface area (TPSA) is 20.2 Å². The fourth-order valence-corrected chi connectivity index (χ4v) is 8.28. The second-order valence-corrected chi connectivity index (χ2v) is 12.4. The van der Waals surface area contributed by atoms with Gasteiger partial charge < -0.3 is 5.11 Å². The van der Waals surface area contributed by atoms with E-state index in [4.69, 9.17) is 0 Å². The van der Waals surface area contributed by atoms with Gasteiger partial charge in [-0.2, -0.15) is 0 Å². The van der Waals surface area contributed by atoms with Crippen molar-refractivity contribution < 1.29 is 5.11 Å². The number of fused-ring (bicyclic) bond motifs is 1. The first kappa shape index (κ1) is 23.4. The molecule has 0 spiro atoms. The van der Waals surface area contributed by atoms with Crippen molar-refractivity contribution in [2.24, 2.45) is 46.3 Å². The number of hydrogen-bond donors (Lipinski definition) is 1. The van der Waals surface area contributed by atoms with Crippen molar-refractivity contribution in [1.82, 2.24) is 0 Å². The standard InChI is InChI=1S/C28H50O/c1-8-24-23(13-12-21-18-22(29)16-17-28(21,24)7)26-15-14-25(27(26,5)6)20(4)11-9-10-19(2)3/h12,19-20,22-26,29H,8-11,13-18H2,1-7H3/t20?,22-,23-,24-,25?,26?,28+/m0/s1. The second-order valence-electron chi connectivity index (χ2n) is 12.4. The summed E-state index contributed by atoms with van der Waals surface area (Å²) in [5.74, 6) is 5.11. The van der Waals surface area contributed by atoms with Crippen LogP contribution >= 0.6 is 0 Å². The lowest BCUT2D eigenvalue weighted by molar-refractivity contribution is -0.000896. The molecule has 1 nitrogen and oxygen atoms in total. The molecule has 7 atom stereocenters. The monoisotopic (exact) mass is 402 g/mol. The highest BCUT2D eigenvalue weighted by Gasteiger charge is 2.53. The second kappa shape index (κ2) is 9.05. The molecule has 1 N–H and O–H groups in total. The molecule has 3 rings (SSSR count). The lowest BCUT2D eigenvalue weighted by Gasteiger charge is -2.53. The van der Waals surface area contributed by atoms with Gasteiger partial charge >= 0.3 is 0 Å². The SMILES string of the molecule is CC[C@H]1[C@@H](C2CCC(C(C)CCCC(C)C)C2(C)C)CC=C2C[C@@H](O)CC[C@]21C. The van der Waals surface area contributed by atoms with Crippen LogP contribution in [0.5, 0.6) is 0 Å². The Labute approximate surface area is 182 Å². The third-order valence-electron chi connectivity index (χ3n) is 9.94. The molecule has 168 valence electrons. The first-order valence-electron chi connectivity index (χ1n) is 13.0. The molecular formula is C28H50O. The predicted octanol–water partition coefficient (Wildman–Crippen LogP) is 8.02. The molecule has 29 heavy (non-hydrogen) atoms. The quantitative estimate of drug-likeness (QED) is 0.427. The highest BCUT2D eigenvalue weighted by molar-refractivity contribution is 5.24. The first-order valence-corrected chi connectivity index (χ1v) is 13.0. The van der Waals surface area contributed by atoms with Crippen LogP contribution < -0.4 is 0 Å². The Kier molecular flexibility index (Phi) is 7.30. The van der Waals surface area contributed by atoms with Crippen LogP contribution in [-0.2, 0) is 0 Å². The van der Waals surface area contributed by atoms with Crippen molar-refractivity contribution in [3.8, 4) is 0 Å². The average Bonchev–Trinajstić information content (AvgIpc) is 2.95. The summed E-state index contributed by atoms with van der Waals surface area (Å²) in [5.41, 5.74) is 2.40. The number of hydrogen-bond acceptors (Lipinski definition) is 1. The first-order chi connectivity index (χ1) is 13.6. The molecule has 0 saturated heterocycles. The van der Waals surface area contributed by atoms with Gasteiger partial charge in [-0.1, -0.05) is 85.8 Å². The Morgan fingerprint density at radius 1 is 1.07 bits per heavy atom. The lowest BCUT2D eigenvalue weighted by Crippen LogP contribution is -2.46. The molecule has 0 aliphatic heterocycles. The number of aliphatic hydroxyl groups excluding tert-OH is 1. The zero-order chi connectivity index (χ0) is 21.4. The number of aliphatic hydroxyl groups is 1. The van der Waals surface area contributed by atoms with Crippen molar-refractivity contribution in [3.05, 3.63) is 11.6 Å². The fourth-order valence-electron chi connectivity index (χ4n) is 8.28. The van der Waals surface area contributed by atoms with Crippen LogP contribution in [0.3, 0.4) is 0 Å². The van der Waals surface area contributed by atoms with Crippen molar-refractivity contribution in [1.29, 1.82) is 0 Å². The third-order valence-corrected chi connectivity index (χ3v) is 9.94. The minimum atomic E-state index is -0.0950. The minimum absolute atomic E-state index is 0.0950. The van der Waals surface area contributed by atoms with E-state index in [2.05, 4.69) is 54.5 Å². The summed E-state index contributed by atoms with van der Waals surface area (Å²) >= 11 is 0. The van der Waals surface area contributed by atoms with Crippen LogP contribution in [0.25, 0.3) is 0 Å². The van der Waals surface area contributed by atoms with Crippen molar-refractivity contribution >= 4 is 0 Å². The largest absolute Gasteiger partial charge is 0.393 e. The molecule has 0 bridgehead atoms.